The number of hydrogen-bond acceptors (Lipinski definition) is 6. The molecule has 2 atom stereocenters. The van der Waals surface area contributed by atoms with E-state index in [4.69, 9.17) is 9.15 Å². The zero-order chi connectivity index (χ0) is 22.5. The Balaban J connectivity index is 1.66. The summed E-state index contributed by atoms with van der Waals surface area (Å²) in [7, 11) is -3.24. The van der Waals surface area contributed by atoms with Crippen LogP contribution in [0.15, 0.2) is 57.7 Å². The highest BCUT2D eigenvalue weighted by molar-refractivity contribution is 7.91. The maximum Gasteiger partial charge on any atom is 0.291 e. The number of rotatable bonds is 5. The molecule has 3 aromatic rings. The molecule has 0 N–H and O–H groups in total. The van der Waals surface area contributed by atoms with E-state index in [1.54, 1.807) is 36.4 Å². The Labute approximate surface area is 185 Å². The highest BCUT2D eigenvalue weighted by atomic mass is 32.2. The fourth-order valence-electron chi connectivity index (χ4n) is 4.60. The average molecular weight is 454 g/mol. The van der Waals surface area contributed by atoms with Crippen LogP contribution in [0.3, 0.4) is 0 Å². The molecule has 1 fully saturated rings. The normalized spacial score (nSPS) is 21.8. The average Bonchev–Trinajstić information content (AvgIpc) is 3.29. The quantitative estimate of drug-likeness (QED) is 0.588. The molecule has 5 rings (SSSR count). The first-order chi connectivity index (χ1) is 15.4. The molecule has 0 aliphatic carbocycles. The van der Waals surface area contributed by atoms with Gasteiger partial charge in [-0.3, -0.25) is 9.59 Å². The van der Waals surface area contributed by atoms with Crippen LogP contribution in [0, 0.1) is 0 Å². The number of para-hydroxylation sites is 1. The lowest BCUT2D eigenvalue weighted by atomic mass is 9.97. The van der Waals surface area contributed by atoms with E-state index in [2.05, 4.69) is 0 Å². The number of carbonyl (C=O) groups excluding carboxylic acids is 1. The first kappa shape index (κ1) is 20.8. The molecule has 166 valence electrons. The lowest BCUT2D eigenvalue weighted by Crippen LogP contribution is -2.40. The van der Waals surface area contributed by atoms with E-state index in [1.807, 2.05) is 19.1 Å². The predicted molar refractivity (Wildman–Crippen MR) is 120 cm³/mol. The van der Waals surface area contributed by atoms with Gasteiger partial charge in [0.1, 0.15) is 11.3 Å². The molecular formula is C24H23NO6S. The predicted octanol–water partition coefficient (Wildman–Crippen LogP) is 3.31. The van der Waals surface area contributed by atoms with Crippen molar-refractivity contribution in [2.45, 2.75) is 31.8 Å². The minimum atomic E-state index is -3.24. The van der Waals surface area contributed by atoms with Crippen molar-refractivity contribution in [2.75, 3.05) is 18.1 Å². The number of amides is 1. The minimum Gasteiger partial charge on any atom is -0.494 e. The van der Waals surface area contributed by atoms with Crippen molar-refractivity contribution in [1.29, 1.82) is 0 Å². The van der Waals surface area contributed by atoms with Gasteiger partial charge in [0.15, 0.2) is 15.3 Å². The summed E-state index contributed by atoms with van der Waals surface area (Å²) in [5, 5.41) is 0.396. The van der Waals surface area contributed by atoms with Gasteiger partial charge < -0.3 is 14.1 Å². The van der Waals surface area contributed by atoms with Crippen molar-refractivity contribution in [3.63, 3.8) is 0 Å². The number of ether oxygens (including phenoxy) is 1. The molecule has 32 heavy (non-hydrogen) atoms. The van der Waals surface area contributed by atoms with E-state index in [-0.39, 0.29) is 28.3 Å². The Morgan fingerprint density at radius 2 is 1.84 bits per heavy atom. The highest BCUT2D eigenvalue weighted by Crippen LogP contribution is 2.41. The maximum absolute atomic E-state index is 13.5. The van der Waals surface area contributed by atoms with E-state index in [1.165, 1.54) is 4.90 Å². The molecule has 2 aliphatic rings. The molecule has 0 spiro atoms. The van der Waals surface area contributed by atoms with Crippen LogP contribution in [0.2, 0.25) is 0 Å². The third-order valence-corrected chi connectivity index (χ3v) is 7.83. The van der Waals surface area contributed by atoms with Gasteiger partial charge in [0.25, 0.3) is 5.91 Å². The SMILES string of the molecule is CCCOc1ccc(C2c3c(oc4ccccc4c3=O)C(=O)N2C2CCS(=O)(=O)C2)cc1. The number of sulfone groups is 1. The monoisotopic (exact) mass is 453 g/mol. The second kappa shape index (κ2) is 7.78. The summed E-state index contributed by atoms with van der Waals surface area (Å²) in [6, 6.07) is 12.8. The molecule has 2 unspecified atom stereocenters. The van der Waals surface area contributed by atoms with Gasteiger partial charge >= 0.3 is 0 Å². The Morgan fingerprint density at radius 1 is 1.09 bits per heavy atom. The van der Waals surface area contributed by atoms with Crippen LogP contribution in [0.5, 0.6) is 5.75 Å². The number of nitrogens with zero attached hydrogens (tertiary/aromatic N) is 1. The Kier molecular flexibility index (Phi) is 5.04. The van der Waals surface area contributed by atoms with Crippen LogP contribution in [-0.4, -0.2) is 43.4 Å². The third kappa shape index (κ3) is 3.39. The summed E-state index contributed by atoms with van der Waals surface area (Å²) in [4.78, 5) is 28.4. The Bertz CT molecular complexity index is 1360. The standard InChI is InChI=1S/C24H23NO6S/c1-2-12-30-17-9-7-15(8-10-17)21-20-22(26)18-5-3-4-6-19(18)31-23(20)24(27)25(21)16-11-13-32(28,29)14-16/h3-10,16,21H,2,11-14H2,1H3. The number of benzene rings is 2. The fraction of sp³-hybridized carbons (Fsp3) is 0.333. The molecule has 3 heterocycles. The van der Waals surface area contributed by atoms with Crippen molar-refractivity contribution < 1.29 is 22.4 Å². The molecule has 7 nitrogen and oxygen atoms in total. The summed E-state index contributed by atoms with van der Waals surface area (Å²) in [5.41, 5.74) is 1.05. The van der Waals surface area contributed by atoms with E-state index < -0.39 is 27.8 Å². The van der Waals surface area contributed by atoms with Crippen molar-refractivity contribution >= 4 is 26.7 Å². The van der Waals surface area contributed by atoms with Crippen molar-refractivity contribution in [1.82, 2.24) is 4.90 Å². The summed E-state index contributed by atoms with van der Waals surface area (Å²) in [6.45, 7) is 2.61. The lowest BCUT2D eigenvalue weighted by Gasteiger charge is -2.30. The number of carbonyl (C=O) groups is 1. The molecule has 2 aromatic carbocycles. The van der Waals surface area contributed by atoms with Crippen LogP contribution in [-0.2, 0) is 9.84 Å². The fourth-order valence-corrected chi connectivity index (χ4v) is 6.31. The third-order valence-electron chi connectivity index (χ3n) is 6.08. The molecule has 1 aromatic heterocycles. The molecular weight excluding hydrogens is 430 g/mol. The van der Waals surface area contributed by atoms with E-state index in [9.17, 15) is 18.0 Å². The maximum atomic E-state index is 13.5. The first-order valence-corrected chi connectivity index (χ1v) is 12.5. The molecule has 8 heteroatoms. The first-order valence-electron chi connectivity index (χ1n) is 10.7. The van der Waals surface area contributed by atoms with Crippen LogP contribution in [0.25, 0.3) is 11.0 Å². The van der Waals surface area contributed by atoms with Crippen LogP contribution >= 0.6 is 0 Å². The van der Waals surface area contributed by atoms with Gasteiger partial charge in [-0.15, -0.1) is 0 Å². The largest absolute Gasteiger partial charge is 0.494 e. The number of fused-ring (bicyclic) bond motifs is 2. The second-order valence-corrected chi connectivity index (χ2v) is 10.5. The van der Waals surface area contributed by atoms with Gasteiger partial charge in [0, 0.05) is 6.04 Å². The summed E-state index contributed by atoms with van der Waals surface area (Å²) in [6.07, 6.45) is 1.22. The van der Waals surface area contributed by atoms with Gasteiger partial charge in [0.2, 0.25) is 5.76 Å². The van der Waals surface area contributed by atoms with Gasteiger partial charge in [-0.05, 0) is 42.7 Å². The van der Waals surface area contributed by atoms with Crippen molar-refractivity contribution in [3.8, 4) is 5.75 Å². The van der Waals surface area contributed by atoms with Crippen LogP contribution < -0.4 is 10.2 Å². The lowest BCUT2D eigenvalue weighted by molar-refractivity contribution is 0.0662. The highest BCUT2D eigenvalue weighted by Gasteiger charge is 2.48. The molecule has 0 radical (unpaired) electrons. The Morgan fingerprint density at radius 3 is 2.53 bits per heavy atom. The summed E-state index contributed by atoms with van der Waals surface area (Å²) in [5.74, 6) is 0.156. The second-order valence-electron chi connectivity index (χ2n) is 8.26. The van der Waals surface area contributed by atoms with E-state index >= 15 is 0 Å². The van der Waals surface area contributed by atoms with Gasteiger partial charge in [0.05, 0.1) is 35.1 Å². The zero-order valence-corrected chi connectivity index (χ0v) is 18.4. The van der Waals surface area contributed by atoms with Crippen molar-refractivity contribution in [2.24, 2.45) is 0 Å². The Hall–Kier alpha value is -3.13. The summed E-state index contributed by atoms with van der Waals surface area (Å²) < 4.78 is 35.9. The minimum absolute atomic E-state index is 0.00527. The summed E-state index contributed by atoms with van der Waals surface area (Å²) >= 11 is 0. The smallest absolute Gasteiger partial charge is 0.291 e. The molecule has 2 aliphatic heterocycles. The molecule has 1 saturated heterocycles. The van der Waals surface area contributed by atoms with E-state index in [0.29, 0.717) is 35.3 Å². The topological polar surface area (TPSA) is 93.9 Å². The molecule has 0 bridgehead atoms. The molecule has 1 amide bonds. The van der Waals surface area contributed by atoms with Crippen LogP contribution in [0.4, 0.5) is 0 Å². The van der Waals surface area contributed by atoms with Gasteiger partial charge in [-0.2, -0.15) is 0 Å². The number of hydrogen-bond donors (Lipinski definition) is 0. The van der Waals surface area contributed by atoms with Gasteiger partial charge in [-0.1, -0.05) is 31.2 Å². The molecule has 0 saturated carbocycles. The van der Waals surface area contributed by atoms with Crippen molar-refractivity contribution in [3.05, 3.63) is 75.6 Å². The van der Waals surface area contributed by atoms with Crippen LogP contribution in [0.1, 0.15) is 47.5 Å². The van der Waals surface area contributed by atoms with Gasteiger partial charge in [-0.25, -0.2) is 8.42 Å². The van der Waals surface area contributed by atoms with E-state index in [0.717, 1.165) is 6.42 Å². The zero-order valence-electron chi connectivity index (χ0n) is 17.6.